The van der Waals surface area contributed by atoms with Crippen molar-refractivity contribution in [3.05, 3.63) is 0 Å². The molecule has 0 amide bonds. The molecule has 0 aliphatic carbocycles. The lowest BCUT2D eigenvalue weighted by Gasteiger charge is -2.69. The summed E-state index contributed by atoms with van der Waals surface area (Å²) < 4.78 is 0. The van der Waals surface area contributed by atoms with Gasteiger partial charge in [-0.15, -0.1) is 0 Å². The average molecular weight is 689 g/mol. The van der Waals surface area contributed by atoms with Crippen LogP contribution < -0.4 is 0 Å². The molecule has 296 valence electrons. The Kier molecular flexibility index (Phi) is 25.1. The van der Waals surface area contributed by atoms with Crippen molar-refractivity contribution in [2.75, 3.05) is 0 Å². The van der Waals surface area contributed by atoms with Crippen LogP contribution in [0.3, 0.4) is 0 Å². The van der Waals surface area contributed by atoms with Crippen molar-refractivity contribution in [2.45, 2.75) is 246 Å². The van der Waals surface area contributed by atoms with Gasteiger partial charge < -0.3 is 0 Å². The second kappa shape index (κ2) is 25.1. The van der Waals surface area contributed by atoms with Gasteiger partial charge in [-0.1, -0.05) is 220 Å². The number of hydrogen-bond donors (Lipinski definition) is 0. The molecule has 9 unspecified atom stereocenters. The molecule has 0 fully saturated rings. The van der Waals surface area contributed by atoms with Gasteiger partial charge in [0.15, 0.2) is 0 Å². The number of rotatable bonds is 31. The zero-order chi connectivity index (χ0) is 37.8. The summed E-state index contributed by atoms with van der Waals surface area (Å²) in [6.07, 6.45) is 27.7. The standard InChI is InChI=1S/C49H100/c1-18-25-27-28-35-48(44(16)39(10)11,46(23-6)24-7)49(37-40(12)22-5,43(15)31-21-4)45(17)47(34-29-32-38(8)9,36-41(13)30-20-3)42(14)33-26-19-2/h38-46H,18-37H2,1-17H3. The third-order valence-corrected chi connectivity index (χ3v) is 15.4. The molecule has 49 heavy (non-hydrogen) atoms. The molecule has 0 saturated carbocycles. The van der Waals surface area contributed by atoms with E-state index >= 15 is 0 Å². The third kappa shape index (κ3) is 12.8. The summed E-state index contributed by atoms with van der Waals surface area (Å²) in [5.74, 6) is 6.77. The maximum absolute atomic E-state index is 2.93. The Bertz CT molecular complexity index is 771. The van der Waals surface area contributed by atoms with Crippen LogP contribution in [-0.2, 0) is 0 Å². The van der Waals surface area contributed by atoms with Crippen molar-refractivity contribution >= 4 is 0 Å². The van der Waals surface area contributed by atoms with Gasteiger partial charge in [0, 0.05) is 0 Å². The molecule has 0 aliphatic heterocycles. The van der Waals surface area contributed by atoms with Gasteiger partial charge in [-0.2, -0.15) is 0 Å². The van der Waals surface area contributed by atoms with E-state index in [4.69, 9.17) is 0 Å². The van der Waals surface area contributed by atoms with E-state index in [1.54, 1.807) is 0 Å². The molecule has 0 aromatic rings. The Morgan fingerprint density at radius 2 is 1.02 bits per heavy atom. The molecule has 0 aliphatic rings. The van der Waals surface area contributed by atoms with Crippen molar-refractivity contribution in [1.29, 1.82) is 0 Å². The first kappa shape index (κ1) is 49.0. The van der Waals surface area contributed by atoms with Crippen LogP contribution in [-0.4, -0.2) is 0 Å². The highest BCUT2D eigenvalue weighted by molar-refractivity contribution is 5.12. The average Bonchev–Trinajstić information content (AvgIpc) is 3.06. The summed E-state index contributed by atoms with van der Waals surface area (Å²) in [5.41, 5.74) is 1.04. The fourth-order valence-corrected chi connectivity index (χ4v) is 12.3. The van der Waals surface area contributed by atoms with E-state index in [0.717, 1.165) is 41.4 Å². The predicted molar refractivity (Wildman–Crippen MR) is 228 cm³/mol. The fourth-order valence-electron chi connectivity index (χ4n) is 12.3. The van der Waals surface area contributed by atoms with Crippen LogP contribution in [0.1, 0.15) is 246 Å². The van der Waals surface area contributed by atoms with E-state index in [9.17, 15) is 0 Å². The lowest BCUT2D eigenvalue weighted by molar-refractivity contribution is -0.206. The molecule has 0 N–H and O–H groups in total. The minimum atomic E-state index is 0.315. The maximum Gasteiger partial charge on any atom is -0.0176 e. The second-order valence-corrected chi connectivity index (χ2v) is 19.2. The van der Waals surface area contributed by atoms with Gasteiger partial charge in [0.1, 0.15) is 0 Å². The number of unbranched alkanes of at least 4 members (excludes halogenated alkanes) is 4. The zero-order valence-corrected chi connectivity index (χ0v) is 37.8. The summed E-state index contributed by atoms with van der Waals surface area (Å²) in [7, 11) is 0. The summed E-state index contributed by atoms with van der Waals surface area (Å²) >= 11 is 0. The molecule has 9 atom stereocenters. The lowest BCUT2D eigenvalue weighted by atomic mass is 9.36. The van der Waals surface area contributed by atoms with Gasteiger partial charge in [0.25, 0.3) is 0 Å². The Hall–Kier alpha value is 0. The molecular weight excluding hydrogens is 589 g/mol. The zero-order valence-electron chi connectivity index (χ0n) is 37.8. The van der Waals surface area contributed by atoms with E-state index in [0.29, 0.717) is 28.1 Å². The van der Waals surface area contributed by atoms with Gasteiger partial charge in [-0.3, -0.25) is 0 Å². The van der Waals surface area contributed by atoms with Gasteiger partial charge in [-0.05, 0) is 95.2 Å². The summed E-state index contributed by atoms with van der Waals surface area (Å²) in [5, 5.41) is 0. The first-order valence-corrected chi connectivity index (χ1v) is 23.1. The Morgan fingerprint density at radius 1 is 0.429 bits per heavy atom. The fraction of sp³-hybridized carbons (Fsp3) is 1.00. The number of hydrogen-bond acceptors (Lipinski definition) is 0. The molecule has 0 spiro atoms. The van der Waals surface area contributed by atoms with Crippen LogP contribution in [0.15, 0.2) is 0 Å². The molecule has 0 saturated heterocycles. The lowest BCUT2D eigenvalue weighted by Crippen LogP contribution is -2.62. The molecule has 0 rings (SSSR count). The monoisotopic (exact) mass is 689 g/mol. The molecule has 0 bridgehead atoms. The molecule has 0 heterocycles. The van der Waals surface area contributed by atoms with Crippen LogP contribution in [0, 0.1) is 69.5 Å². The Morgan fingerprint density at radius 3 is 1.49 bits per heavy atom. The molecule has 0 heteroatoms. The van der Waals surface area contributed by atoms with E-state index in [1.807, 2.05) is 0 Å². The van der Waals surface area contributed by atoms with Crippen molar-refractivity contribution in [3.8, 4) is 0 Å². The van der Waals surface area contributed by atoms with Crippen LogP contribution >= 0.6 is 0 Å². The minimum absolute atomic E-state index is 0.315. The molecule has 0 aromatic heterocycles. The first-order chi connectivity index (χ1) is 23.1. The molecule has 0 nitrogen and oxygen atoms in total. The summed E-state index contributed by atoms with van der Waals surface area (Å²) in [6, 6.07) is 0. The van der Waals surface area contributed by atoms with Gasteiger partial charge >= 0.3 is 0 Å². The normalized spacial score (nSPS) is 20.1. The predicted octanol–water partition coefficient (Wildman–Crippen LogP) is 17.6. The highest BCUT2D eigenvalue weighted by atomic mass is 14.7. The van der Waals surface area contributed by atoms with Crippen LogP contribution in [0.2, 0.25) is 0 Å². The van der Waals surface area contributed by atoms with Crippen LogP contribution in [0.4, 0.5) is 0 Å². The van der Waals surface area contributed by atoms with E-state index in [-0.39, 0.29) is 0 Å². The Balaban J connectivity index is 8.65. The largest absolute Gasteiger partial charge is 0.0654 e. The van der Waals surface area contributed by atoms with Crippen molar-refractivity contribution in [2.24, 2.45) is 69.5 Å². The topological polar surface area (TPSA) is 0 Å². The summed E-state index contributed by atoms with van der Waals surface area (Å²) in [6.45, 7) is 44.3. The third-order valence-electron chi connectivity index (χ3n) is 15.4. The van der Waals surface area contributed by atoms with Crippen molar-refractivity contribution in [3.63, 3.8) is 0 Å². The van der Waals surface area contributed by atoms with Gasteiger partial charge in [0.05, 0.1) is 0 Å². The van der Waals surface area contributed by atoms with Crippen molar-refractivity contribution in [1.82, 2.24) is 0 Å². The Labute approximate surface area is 314 Å². The molecular formula is C49H100. The SMILES string of the molecule is CCCCCCC(C(CC)CC)(C(C)C(C)C)C(CC(C)CC)(C(C)CCC)C(C)C(CCCC(C)C)(CC(C)CCC)C(C)CCCC. The summed E-state index contributed by atoms with van der Waals surface area (Å²) in [4.78, 5) is 0. The smallest absolute Gasteiger partial charge is 0.0176 e. The second-order valence-electron chi connectivity index (χ2n) is 19.2. The highest BCUT2D eigenvalue weighted by Gasteiger charge is 2.64. The van der Waals surface area contributed by atoms with Crippen LogP contribution in [0.25, 0.3) is 0 Å². The molecule has 0 aromatic carbocycles. The van der Waals surface area contributed by atoms with E-state index < -0.39 is 0 Å². The van der Waals surface area contributed by atoms with E-state index in [1.165, 1.54) is 128 Å². The first-order valence-electron chi connectivity index (χ1n) is 23.1. The van der Waals surface area contributed by atoms with Crippen molar-refractivity contribution < 1.29 is 0 Å². The van der Waals surface area contributed by atoms with E-state index in [2.05, 4.69) is 118 Å². The quantitative estimate of drug-likeness (QED) is 0.0636. The van der Waals surface area contributed by atoms with Crippen LogP contribution in [0.5, 0.6) is 0 Å². The van der Waals surface area contributed by atoms with Gasteiger partial charge in [0.2, 0.25) is 0 Å². The van der Waals surface area contributed by atoms with Gasteiger partial charge in [-0.25, -0.2) is 0 Å². The minimum Gasteiger partial charge on any atom is -0.0654 e. The highest BCUT2D eigenvalue weighted by Crippen LogP contribution is 2.71. The maximum atomic E-state index is 2.93. The molecule has 0 radical (unpaired) electrons.